The van der Waals surface area contributed by atoms with Gasteiger partial charge in [-0.3, -0.25) is 0 Å². The van der Waals surface area contributed by atoms with Crippen LogP contribution < -0.4 is 4.74 Å². The molecule has 0 fully saturated rings. The fraction of sp³-hybridized carbons (Fsp3) is 0.625. The lowest BCUT2D eigenvalue weighted by atomic mass is 9.87. The van der Waals surface area contributed by atoms with Gasteiger partial charge in [0.05, 0.1) is 13.2 Å². The SMILES string of the molecule is COc1cccc(CN(C)CCC(O)C(C)(C)C)c1. The molecule has 1 N–H and O–H groups in total. The summed E-state index contributed by atoms with van der Waals surface area (Å²) in [5.41, 5.74) is 1.18. The molecule has 0 amide bonds. The largest absolute Gasteiger partial charge is 0.497 e. The Morgan fingerprint density at radius 1 is 1.32 bits per heavy atom. The Labute approximate surface area is 117 Å². The van der Waals surface area contributed by atoms with E-state index in [0.717, 1.165) is 25.3 Å². The van der Waals surface area contributed by atoms with Crippen molar-refractivity contribution in [2.24, 2.45) is 5.41 Å². The minimum absolute atomic E-state index is 0.0448. The maximum Gasteiger partial charge on any atom is 0.119 e. The molecule has 0 heterocycles. The van der Waals surface area contributed by atoms with Crippen molar-refractivity contribution in [3.8, 4) is 5.75 Å². The number of aliphatic hydroxyl groups excluding tert-OH is 1. The first kappa shape index (κ1) is 16.0. The lowest BCUT2D eigenvalue weighted by Gasteiger charge is -2.27. The number of hydrogen-bond donors (Lipinski definition) is 1. The van der Waals surface area contributed by atoms with Crippen LogP contribution in [-0.4, -0.2) is 36.8 Å². The van der Waals surface area contributed by atoms with Crippen molar-refractivity contribution < 1.29 is 9.84 Å². The zero-order chi connectivity index (χ0) is 14.5. The van der Waals surface area contributed by atoms with Crippen molar-refractivity contribution in [2.75, 3.05) is 20.7 Å². The molecular formula is C16H27NO2. The zero-order valence-corrected chi connectivity index (χ0v) is 12.8. The molecule has 1 rings (SSSR count). The lowest BCUT2D eigenvalue weighted by Crippen LogP contribution is -2.30. The van der Waals surface area contributed by atoms with Crippen LogP contribution in [-0.2, 0) is 6.54 Å². The molecule has 19 heavy (non-hydrogen) atoms. The summed E-state index contributed by atoms with van der Waals surface area (Å²) in [4.78, 5) is 2.23. The van der Waals surface area contributed by atoms with E-state index in [0.29, 0.717) is 0 Å². The highest BCUT2D eigenvalue weighted by Gasteiger charge is 2.21. The van der Waals surface area contributed by atoms with E-state index in [1.807, 2.05) is 12.1 Å². The monoisotopic (exact) mass is 265 g/mol. The van der Waals surface area contributed by atoms with Gasteiger partial charge >= 0.3 is 0 Å². The Morgan fingerprint density at radius 2 is 2.00 bits per heavy atom. The standard InChI is InChI=1S/C16H27NO2/c1-16(2,3)15(18)9-10-17(4)12-13-7-6-8-14(11-13)19-5/h6-8,11,15,18H,9-10,12H2,1-5H3. The highest BCUT2D eigenvalue weighted by Crippen LogP contribution is 2.22. The number of nitrogens with zero attached hydrogens (tertiary/aromatic N) is 1. The lowest BCUT2D eigenvalue weighted by molar-refractivity contribution is 0.0473. The van der Waals surface area contributed by atoms with Gasteiger partial charge in [-0.05, 0) is 36.6 Å². The van der Waals surface area contributed by atoms with Gasteiger partial charge in [-0.1, -0.05) is 32.9 Å². The van der Waals surface area contributed by atoms with E-state index in [1.165, 1.54) is 5.56 Å². The van der Waals surface area contributed by atoms with E-state index in [2.05, 4.69) is 44.9 Å². The topological polar surface area (TPSA) is 32.7 Å². The maximum atomic E-state index is 10.0. The summed E-state index contributed by atoms with van der Waals surface area (Å²) < 4.78 is 5.22. The molecule has 0 aliphatic heterocycles. The molecule has 108 valence electrons. The second-order valence-electron chi connectivity index (χ2n) is 6.26. The highest BCUT2D eigenvalue weighted by atomic mass is 16.5. The summed E-state index contributed by atoms with van der Waals surface area (Å²) in [5, 5.41) is 10.0. The van der Waals surface area contributed by atoms with E-state index in [4.69, 9.17) is 4.74 Å². The van der Waals surface area contributed by atoms with Crippen LogP contribution >= 0.6 is 0 Å². The summed E-state index contributed by atoms with van der Waals surface area (Å²) in [6.07, 6.45) is 0.532. The van der Waals surface area contributed by atoms with Crippen LogP contribution in [0.15, 0.2) is 24.3 Å². The van der Waals surface area contributed by atoms with Gasteiger partial charge in [-0.25, -0.2) is 0 Å². The number of rotatable bonds is 6. The number of methoxy groups -OCH3 is 1. The van der Waals surface area contributed by atoms with Gasteiger partial charge in [0, 0.05) is 13.1 Å². The van der Waals surface area contributed by atoms with Crippen molar-refractivity contribution in [1.29, 1.82) is 0 Å². The highest BCUT2D eigenvalue weighted by molar-refractivity contribution is 5.28. The van der Waals surface area contributed by atoms with E-state index in [-0.39, 0.29) is 11.5 Å². The Kier molecular flexibility index (Phi) is 5.83. The molecule has 0 saturated heterocycles. The van der Waals surface area contributed by atoms with Gasteiger partial charge in [-0.15, -0.1) is 0 Å². The Hall–Kier alpha value is -1.06. The van der Waals surface area contributed by atoms with Crippen LogP contribution in [0.5, 0.6) is 5.75 Å². The summed E-state index contributed by atoms with van der Waals surface area (Å²) in [7, 11) is 3.76. The number of benzene rings is 1. The van der Waals surface area contributed by atoms with Crippen LogP contribution in [0.1, 0.15) is 32.8 Å². The molecule has 1 aromatic rings. The van der Waals surface area contributed by atoms with Crippen molar-refractivity contribution in [3.63, 3.8) is 0 Å². The fourth-order valence-electron chi connectivity index (χ4n) is 1.94. The van der Waals surface area contributed by atoms with E-state index in [9.17, 15) is 5.11 Å². The Bertz CT molecular complexity index is 385. The first-order valence-electron chi connectivity index (χ1n) is 6.82. The molecule has 0 aromatic heterocycles. The summed E-state index contributed by atoms with van der Waals surface area (Å²) in [6, 6.07) is 8.11. The quantitative estimate of drug-likeness (QED) is 0.858. The van der Waals surface area contributed by atoms with Crippen molar-refractivity contribution in [3.05, 3.63) is 29.8 Å². The first-order valence-corrected chi connectivity index (χ1v) is 6.82. The molecule has 0 saturated carbocycles. The van der Waals surface area contributed by atoms with Crippen LogP contribution in [0.25, 0.3) is 0 Å². The normalized spacial score (nSPS) is 13.6. The van der Waals surface area contributed by atoms with Crippen LogP contribution in [0.3, 0.4) is 0 Å². The van der Waals surface area contributed by atoms with E-state index >= 15 is 0 Å². The molecule has 3 nitrogen and oxygen atoms in total. The van der Waals surface area contributed by atoms with Gasteiger partial charge in [-0.2, -0.15) is 0 Å². The molecular weight excluding hydrogens is 238 g/mol. The van der Waals surface area contributed by atoms with Gasteiger partial charge in [0.1, 0.15) is 5.75 Å². The molecule has 0 bridgehead atoms. The maximum absolute atomic E-state index is 10.0. The second-order valence-corrected chi connectivity index (χ2v) is 6.26. The number of ether oxygens (including phenoxy) is 1. The molecule has 0 spiro atoms. The van der Waals surface area contributed by atoms with Crippen LogP contribution in [0.4, 0.5) is 0 Å². The van der Waals surface area contributed by atoms with Gasteiger partial charge in [0.15, 0.2) is 0 Å². The molecule has 1 aromatic carbocycles. The van der Waals surface area contributed by atoms with E-state index in [1.54, 1.807) is 7.11 Å². The van der Waals surface area contributed by atoms with Crippen molar-refractivity contribution >= 4 is 0 Å². The Morgan fingerprint density at radius 3 is 2.58 bits per heavy atom. The Balaban J connectivity index is 2.44. The fourth-order valence-corrected chi connectivity index (χ4v) is 1.94. The number of hydrogen-bond acceptors (Lipinski definition) is 3. The molecule has 1 atom stereocenters. The predicted molar refractivity (Wildman–Crippen MR) is 79.4 cm³/mol. The van der Waals surface area contributed by atoms with Gasteiger partial charge in [0.2, 0.25) is 0 Å². The summed E-state index contributed by atoms with van der Waals surface area (Å²) in [5.74, 6) is 0.889. The molecule has 1 unspecified atom stereocenters. The zero-order valence-electron chi connectivity index (χ0n) is 12.8. The molecule has 3 heteroatoms. The first-order chi connectivity index (χ1) is 8.82. The van der Waals surface area contributed by atoms with Crippen LogP contribution in [0, 0.1) is 5.41 Å². The average Bonchev–Trinajstić information content (AvgIpc) is 2.35. The van der Waals surface area contributed by atoms with Crippen molar-refractivity contribution in [1.82, 2.24) is 4.90 Å². The van der Waals surface area contributed by atoms with Crippen LogP contribution in [0.2, 0.25) is 0 Å². The van der Waals surface area contributed by atoms with Crippen molar-refractivity contribution in [2.45, 2.75) is 39.8 Å². The third kappa shape index (κ3) is 5.62. The van der Waals surface area contributed by atoms with Gasteiger partial charge < -0.3 is 14.7 Å². The molecule has 0 aliphatic carbocycles. The molecule has 0 aliphatic rings. The van der Waals surface area contributed by atoms with E-state index < -0.39 is 0 Å². The smallest absolute Gasteiger partial charge is 0.119 e. The number of aliphatic hydroxyl groups is 1. The summed E-state index contributed by atoms with van der Waals surface area (Å²) >= 11 is 0. The average molecular weight is 265 g/mol. The minimum Gasteiger partial charge on any atom is -0.497 e. The van der Waals surface area contributed by atoms with Gasteiger partial charge in [0.25, 0.3) is 0 Å². The second kappa shape index (κ2) is 6.92. The third-order valence-corrected chi connectivity index (χ3v) is 3.37. The third-order valence-electron chi connectivity index (χ3n) is 3.37. The predicted octanol–water partition coefficient (Wildman–Crippen LogP) is 2.92. The minimum atomic E-state index is -0.264. The summed E-state index contributed by atoms with van der Waals surface area (Å²) in [6.45, 7) is 7.96. The molecule has 0 radical (unpaired) electrons.